The highest BCUT2D eigenvalue weighted by molar-refractivity contribution is 6.30. The Kier molecular flexibility index (Phi) is 4.59. The minimum absolute atomic E-state index is 0.370. The predicted molar refractivity (Wildman–Crippen MR) is 99.0 cm³/mol. The van der Waals surface area contributed by atoms with Crippen molar-refractivity contribution in [2.75, 3.05) is 5.32 Å². The Labute approximate surface area is 160 Å². The zero-order valence-corrected chi connectivity index (χ0v) is 14.8. The molecule has 0 saturated carbocycles. The molecule has 2 aliphatic rings. The summed E-state index contributed by atoms with van der Waals surface area (Å²) in [6.45, 7) is 0. The van der Waals surface area contributed by atoms with Gasteiger partial charge in [0.25, 0.3) is 0 Å². The van der Waals surface area contributed by atoms with Crippen LogP contribution >= 0.6 is 11.6 Å². The molecule has 2 heterocycles. The third-order valence-electron chi connectivity index (χ3n) is 4.66. The van der Waals surface area contributed by atoms with Crippen LogP contribution in [0.5, 0.6) is 11.5 Å². The molecule has 27 heavy (non-hydrogen) atoms. The van der Waals surface area contributed by atoms with Crippen LogP contribution < -0.4 is 10.1 Å². The highest BCUT2D eigenvalue weighted by atomic mass is 35.5. The summed E-state index contributed by atoms with van der Waals surface area (Å²) in [5.74, 6) is -1.77. The quantitative estimate of drug-likeness (QED) is 0.766. The number of carboxylic acids is 1. The summed E-state index contributed by atoms with van der Waals surface area (Å²) in [6, 6.07) is 13.8. The molecule has 7 heteroatoms. The maximum absolute atomic E-state index is 12.6. The zero-order valence-electron chi connectivity index (χ0n) is 14.0. The van der Waals surface area contributed by atoms with Gasteiger partial charge in [0.2, 0.25) is 5.91 Å². The van der Waals surface area contributed by atoms with Crippen molar-refractivity contribution in [3.05, 3.63) is 65.7 Å². The summed E-state index contributed by atoms with van der Waals surface area (Å²) in [6.07, 6.45) is 2.41. The van der Waals surface area contributed by atoms with Crippen molar-refractivity contribution in [1.82, 2.24) is 0 Å². The van der Waals surface area contributed by atoms with Gasteiger partial charge in [0.15, 0.2) is 0 Å². The lowest BCUT2D eigenvalue weighted by Gasteiger charge is -2.21. The third kappa shape index (κ3) is 3.54. The van der Waals surface area contributed by atoms with Crippen LogP contribution in [0.4, 0.5) is 5.69 Å². The molecule has 1 amide bonds. The first kappa shape index (κ1) is 17.6. The van der Waals surface area contributed by atoms with Gasteiger partial charge in [0, 0.05) is 10.7 Å². The fourth-order valence-corrected chi connectivity index (χ4v) is 3.51. The van der Waals surface area contributed by atoms with E-state index < -0.39 is 30.0 Å². The van der Waals surface area contributed by atoms with Gasteiger partial charge in [-0.25, -0.2) is 0 Å². The van der Waals surface area contributed by atoms with Gasteiger partial charge in [0.05, 0.1) is 18.1 Å². The number of carbonyl (C=O) groups is 2. The number of carboxylic acid groups (broad SMARTS) is 1. The van der Waals surface area contributed by atoms with Crippen LogP contribution in [0.3, 0.4) is 0 Å². The molecule has 1 fully saturated rings. The van der Waals surface area contributed by atoms with Crippen molar-refractivity contribution in [3.63, 3.8) is 0 Å². The number of hydrogen-bond acceptors (Lipinski definition) is 4. The number of fused-ring (bicyclic) bond motifs is 2. The molecule has 2 bridgehead atoms. The molecule has 0 unspecified atom stereocenters. The van der Waals surface area contributed by atoms with Crippen molar-refractivity contribution in [3.8, 4) is 11.5 Å². The Morgan fingerprint density at radius 2 is 1.48 bits per heavy atom. The van der Waals surface area contributed by atoms with Crippen LogP contribution in [-0.4, -0.2) is 29.2 Å². The Morgan fingerprint density at radius 1 is 0.926 bits per heavy atom. The van der Waals surface area contributed by atoms with E-state index in [2.05, 4.69) is 5.32 Å². The molecule has 0 aliphatic carbocycles. The summed E-state index contributed by atoms with van der Waals surface area (Å²) in [4.78, 5) is 24.1. The van der Waals surface area contributed by atoms with Crippen LogP contribution in [0.15, 0.2) is 60.7 Å². The highest BCUT2D eigenvalue weighted by Gasteiger charge is 2.53. The van der Waals surface area contributed by atoms with Gasteiger partial charge in [-0.1, -0.05) is 23.8 Å². The summed E-state index contributed by atoms with van der Waals surface area (Å²) < 4.78 is 11.2. The van der Waals surface area contributed by atoms with Gasteiger partial charge in [-0.15, -0.1) is 0 Å². The van der Waals surface area contributed by atoms with E-state index in [4.69, 9.17) is 21.1 Å². The standard InChI is InChI=1S/C20H16ClNO5/c21-11-1-5-13(6-2-11)26-14-7-3-12(4-8-14)22-19(23)17-15-9-10-16(27-15)18(17)20(24)25/h1-10,15-18H,(H,22,23)(H,24,25)/t15-,16+,17+,18-/m1/s1. The minimum Gasteiger partial charge on any atom is -0.481 e. The van der Waals surface area contributed by atoms with Crippen LogP contribution in [0.2, 0.25) is 5.02 Å². The van der Waals surface area contributed by atoms with Crippen LogP contribution in [-0.2, 0) is 14.3 Å². The van der Waals surface area contributed by atoms with E-state index in [1.165, 1.54) is 0 Å². The zero-order chi connectivity index (χ0) is 19.0. The smallest absolute Gasteiger partial charge is 0.310 e. The second-order valence-electron chi connectivity index (χ2n) is 6.41. The first-order valence-electron chi connectivity index (χ1n) is 8.42. The number of carbonyl (C=O) groups excluding carboxylic acids is 1. The van der Waals surface area contributed by atoms with Crippen molar-refractivity contribution in [2.45, 2.75) is 12.2 Å². The Morgan fingerprint density at radius 3 is 2.07 bits per heavy atom. The van der Waals surface area contributed by atoms with Gasteiger partial charge in [-0.3, -0.25) is 9.59 Å². The van der Waals surface area contributed by atoms with Crippen LogP contribution in [0, 0.1) is 11.8 Å². The first-order chi connectivity index (χ1) is 13.0. The molecule has 138 valence electrons. The third-order valence-corrected chi connectivity index (χ3v) is 4.91. The highest BCUT2D eigenvalue weighted by Crippen LogP contribution is 2.40. The van der Waals surface area contributed by atoms with Gasteiger partial charge in [-0.2, -0.15) is 0 Å². The van der Waals surface area contributed by atoms with E-state index in [0.717, 1.165) is 0 Å². The molecule has 0 spiro atoms. The molecule has 1 saturated heterocycles. The Bertz CT molecular complexity index is 894. The molecule has 2 aromatic carbocycles. The average Bonchev–Trinajstić information content (AvgIpc) is 3.26. The predicted octanol–water partition coefficient (Wildman–Crippen LogP) is 3.73. The molecule has 4 atom stereocenters. The number of ether oxygens (including phenoxy) is 2. The molecule has 2 N–H and O–H groups in total. The van der Waals surface area contributed by atoms with E-state index in [1.807, 2.05) is 0 Å². The van der Waals surface area contributed by atoms with Gasteiger partial charge in [-0.05, 0) is 48.5 Å². The maximum atomic E-state index is 12.6. The van der Waals surface area contributed by atoms with Crippen LogP contribution in [0.25, 0.3) is 0 Å². The second kappa shape index (κ2) is 7.06. The normalized spacial score (nSPS) is 25.4. The van der Waals surface area contributed by atoms with Crippen LogP contribution in [0.1, 0.15) is 0 Å². The van der Waals surface area contributed by atoms with E-state index in [-0.39, 0.29) is 5.91 Å². The number of anilines is 1. The van der Waals surface area contributed by atoms with Crippen molar-refractivity contribution in [1.29, 1.82) is 0 Å². The number of hydrogen-bond donors (Lipinski definition) is 2. The Balaban J connectivity index is 1.42. The average molecular weight is 386 g/mol. The molecule has 0 radical (unpaired) electrons. The summed E-state index contributed by atoms with van der Waals surface area (Å²) in [7, 11) is 0. The summed E-state index contributed by atoms with van der Waals surface area (Å²) >= 11 is 5.85. The molecule has 2 aliphatic heterocycles. The molecule has 2 aromatic rings. The van der Waals surface area contributed by atoms with E-state index in [1.54, 1.807) is 60.7 Å². The van der Waals surface area contributed by atoms with Crippen molar-refractivity contribution in [2.24, 2.45) is 11.8 Å². The molecular weight excluding hydrogens is 370 g/mol. The van der Waals surface area contributed by atoms with E-state index in [9.17, 15) is 14.7 Å². The fraction of sp³-hybridized carbons (Fsp3) is 0.200. The summed E-state index contributed by atoms with van der Waals surface area (Å²) in [5.41, 5.74) is 0.555. The maximum Gasteiger partial charge on any atom is 0.310 e. The molecule has 4 rings (SSSR count). The molecule has 6 nitrogen and oxygen atoms in total. The number of rotatable bonds is 5. The lowest BCUT2D eigenvalue weighted by Crippen LogP contribution is -2.39. The molecule has 0 aromatic heterocycles. The number of amides is 1. The van der Waals surface area contributed by atoms with Crippen molar-refractivity contribution >= 4 is 29.2 Å². The first-order valence-corrected chi connectivity index (χ1v) is 8.80. The molecular formula is C20H16ClNO5. The van der Waals surface area contributed by atoms with Gasteiger partial charge < -0.3 is 19.9 Å². The number of nitrogens with one attached hydrogen (secondary N) is 1. The van der Waals surface area contributed by atoms with Gasteiger partial charge in [0.1, 0.15) is 17.4 Å². The fourth-order valence-electron chi connectivity index (χ4n) is 3.39. The Hall–Kier alpha value is -2.83. The topological polar surface area (TPSA) is 84.9 Å². The SMILES string of the molecule is O=C(Nc1ccc(Oc2ccc(Cl)cc2)cc1)[C@@H]1[C@H](C(=O)O)[C@@H]2C=C[C@H]1O2. The largest absolute Gasteiger partial charge is 0.481 e. The van der Waals surface area contributed by atoms with Gasteiger partial charge >= 0.3 is 5.97 Å². The minimum atomic E-state index is -1.03. The van der Waals surface area contributed by atoms with E-state index >= 15 is 0 Å². The lowest BCUT2D eigenvalue weighted by atomic mass is 9.82. The lowest BCUT2D eigenvalue weighted by molar-refractivity contribution is -0.145. The number of halogens is 1. The van der Waals surface area contributed by atoms with Crippen molar-refractivity contribution < 1.29 is 24.2 Å². The number of benzene rings is 2. The summed E-state index contributed by atoms with van der Waals surface area (Å²) in [5, 5.41) is 12.8. The second-order valence-corrected chi connectivity index (χ2v) is 6.85. The number of aliphatic carboxylic acids is 1. The monoisotopic (exact) mass is 385 g/mol. The van der Waals surface area contributed by atoms with E-state index in [0.29, 0.717) is 22.2 Å².